The van der Waals surface area contributed by atoms with Crippen LogP contribution >= 0.6 is 15.9 Å². The standard InChI is InChI=1S/C23H23BrNO4/c1-4-5-17-22-15(16(24)11-21(26-2)23(22)27-3)9-18-14-10-20-19(28-12-29-20)8-13(14)6-7-25(17)18/h8-11H,4-7,12H2,1-3H3/q+1. The van der Waals surface area contributed by atoms with E-state index in [-0.39, 0.29) is 0 Å². The maximum atomic E-state index is 5.82. The van der Waals surface area contributed by atoms with Crippen LogP contribution in [0, 0.1) is 0 Å². The molecule has 0 aliphatic carbocycles. The predicted molar refractivity (Wildman–Crippen MR) is 114 cm³/mol. The minimum absolute atomic E-state index is 0.291. The number of benzene rings is 2. The molecule has 0 N–H and O–H groups in total. The highest BCUT2D eigenvalue weighted by atomic mass is 79.9. The summed E-state index contributed by atoms with van der Waals surface area (Å²) in [5.41, 5.74) is 4.99. The smallest absolute Gasteiger partial charge is 0.231 e. The first-order valence-corrected chi connectivity index (χ1v) is 10.7. The van der Waals surface area contributed by atoms with Crippen LogP contribution in [0.5, 0.6) is 23.0 Å². The van der Waals surface area contributed by atoms with Gasteiger partial charge in [-0.15, -0.1) is 0 Å². The maximum Gasteiger partial charge on any atom is 0.231 e. The monoisotopic (exact) mass is 456 g/mol. The number of pyridine rings is 1. The summed E-state index contributed by atoms with van der Waals surface area (Å²) >= 11 is 3.77. The average Bonchev–Trinajstić information content (AvgIpc) is 3.19. The lowest BCUT2D eigenvalue weighted by Crippen LogP contribution is -2.44. The van der Waals surface area contributed by atoms with Crippen LogP contribution in [0.3, 0.4) is 0 Å². The molecule has 0 saturated heterocycles. The lowest BCUT2D eigenvalue weighted by molar-refractivity contribution is -0.693. The van der Waals surface area contributed by atoms with Gasteiger partial charge in [0.15, 0.2) is 35.2 Å². The lowest BCUT2D eigenvalue weighted by Gasteiger charge is -2.21. The van der Waals surface area contributed by atoms with Gasteiger partial charge in [0.2, 0.25) is 12.5 Å². The molecule has 150 valence electrons. The number of methoxy groups -OCH3 is 2. The molecule has 5 nitrogen and oxygen atoms in total. The third-order valence-electron chi connectivity index (χ3n) is 5.81. The summed E-state index contributed by atoms with van der Waals surface area (Å²) in [4.78, 5) is 0. The number of hydrogen-bond donors (Lipinski definition) is 0. The van der Waals surface area contributed by atoms with Gasteiger partial charge in [0.05, 0.1) is 25.2 Å². The predicted octanol–water partition coefficient (Wildman–Crippen LogP) is 4.81. The highest BCUT2D eigenvalue weighted by Gasteiger charge is 2.32. The fourth-order valence-electron chi connectivity index (χ4n) is 4.54. The van der Waals surface area contributed by atoms with Crippen LogP contribution in [-0.2, 0) is 19.4 Å². The van der Waals surface area contributed by atoms with Crippen molar-refractivity contribution in [2.24, 2.45) is 0 Å². The van der Waals surface area contributed by atoms with Crippen LogP contribution in [0.15, 0.2) is 28.7 Å². The fourth-order valence-corrected chi connectivity index (χ4v) is 5.06. The first-order valence-electron chi connectivity index (χ1n) is 9.89. The van der Waals surface area contributed by atoms with Gasteiger partial charge in [-0.05, 0) is 30.2 Å². The van der Waals surface area contributed by atoms with Gasteiger partial charge in [0.25, 0.3) is 0 Å². The van der Waals surface area contributed by atoms with Crippen molar-refractivity contribution in [2.75, 3.05) is 21.0 Å². The number of rotatable bonds is 4. The largest absolute Gasteiger partial charge is 0.493 e. The van der Waals surface area contributed by atoms with Gasteiger partial charge in [-0.3, -0.25) is 0 Å². The Morgan fingerprint density at radius 3 is 2.59 bits per heavy atom. The first kappa shape index (κ1) is 18.6. The second-order valence-electron chi connectivity index (χ2n) is 7.37. The summed E-state index contributed by atoms with van der Waals surface area (Å²) in [7, 11) is 3.39. The molecule has 0 saturated carbocycles. The van der Waals surface area contributed by atoms with Gasteiger partial charge in [-0.25, -0.2) is 0 Å². The number of hydrogen-bond acceptors (Lipinski definition) is 4. The van der Waals surface area contributed by atoms with Crippen molar-refractivity contribution in [2.45, 2.75) is 32.7 Å². The third-order valence-corrected chi connectivity index (χ3v) is 6.47. The molecule has 2 aliphatic rings. The summed E-state index contributed by atoms with van der Waals surface area (Å²) in [6.07, 6.45) is 2.96. The zero-order valence-electron chi connectivity index (χ0n) is 16.8. The van der Waals surface area contributed by atoms with E-state index in [9.17, 15) is 0 Å². The fraction of sp³-hybridized carbons (Fsp3) is 0.348. The number of ether oxygens (including phenoxy) is 4. The van der Waals surface area contributed by atoms with Gasteiger partial charge < -0.3 is 18.9 Å². The van der Waals surface area contributed by atoms with Crippen molar-refractivity contribution in [1.82, 2.24) is 0 Å². The molecular formula is C23H23BrNO4+. The van der Waals surface area contributed by atoms with Gasteiger partial charge in [-0.2, -0.15) is 4.57 Å². The highest BCUT2D eigenvalue weighted by molar-refractivity contribution is 9.10. The summed E-state index contributed by atoms with van der Waals surface area (Å²) in [6, 6.07) is 8.49. The summed E-state index contributed by atoms with van der Waals surface area (Å²) < 4.78 is 26.1. The van der Waals surface area contributed by atoms with Crippen molar-refractivity contribution in [3.8, 4) is 34.3 Å². The van der Waals surface area contributed by atoms with E-state index in [0.717, 1.165) is 64.1 Å². The molecule has 5 rings (SSSR count). The zero-order valence-corrected chi connectivity index (χ0v) is 18.4. The summed E-state index contributed by atoms with van der Waals surface area (Å²) in [5.74, 6) is 3.20. The van der Waals surface area contributed by atoms with Crippen molar-refractivity contribution < 1.29 is 23.5 Å². The topological polar surface area (TPSA) is 40.8 Å². The lowest BCUT2D eigenvalue weighted by atomic mass is 9.93. The molecule has 1 aromatic heterocycles. The van der Waals surface area contributed by atoms with Gasteiger partial charge in [0, 0.05) is 28.8 Å². The van der Waals surface area contributed by atoms with Crippen LogP contribution in [0.4, 0.5) is 0 Å². The van der Waals surface area contributed by atoms with Crippen molar-refractivity contribution in [3.05, 3.63) is 40.0 Å². The molecule has 2 aromatic carbocycles. The Balaban J connectivity index is 1.86. The van der Waals surface area contributed by atoms with Gasteiger partial charge in [0.1, 0.15) is 0 Å². The minimum atomic E-state index is 0.291. The van der Waals surface area contributed by atoms with Gasteiger partial charge >= 0.3 is 0 Å². The van der Waals surface area contributed by atoms with Crippen LogP contribution in [-0.4, -0.2) is 21.0 Å². The zero-order chi connectivity index (χ0) is 20.1. The van der Waals surface area contributed by atoms with E-state index in [0.29, 0.717) is 6.79 Å². The first-order chi connectivity index (χ1) is 14.2. The molecule has 29 heavy (non-hydrogen) atoms. The SMILES string of the molecule is CCCc1c2c(OC)c(OC)cc(Br)c2cc2[n+]1CCc1cc3c(cc1-2)OCO3. The van der Waals surface area contributed by atoms with Gasteiger partial charge in [-0.1, -0.05) is 22.9 Å². The van der Waals surface area contributed by atoms with Crippen LogP contribution in [0.2, 0.25) is 0 Å². The molecule has 0 atom stereocenters. The molecule has 0 unspecified atom stereocenters. The average molecular weight is 457 g/mol. The Labute approximate surface area is 178 Å². The number of aromatic nitrogens is 1. The van der Waals surface area contributed by atoms with Crippen molar-refractivity contribution >= 4 is 26.7 Å². The molecule has 0 amide bonds. The molecule has 2 aliphatic heterocycles. The van der Waals surface area contributed by atoms with E-state index in [1.165, 1.54) is 22.5 Å². The van der Waals surface area contributed by atoms with E-state index in [1.807, 2.05) is 6.07 Å². The maximum absolute atomic E-state index is 5.82. The molecule has 3 aromatic rings. The Kier molecular flexibility index (Phi) is 4.54. The minimum Gasteiger partial charge on any atom is -0.493 e. The number of aryl methyl sites for hydroxylation is 2. The van der Waals surface area contributed by atoms with Crippen LogP contribution in [0.25, 0.3) is 22.0 Å². The van der Waals surface area contributed by atoms with E-state index in [1.54, 1.807) is 14.2 Å². The molecule has 3 heterocycles. The quantitative estimate of drug-likeness (QED) is 0.528. The second-order valence-corrected chi connectivity index (χ2v) is 8.23. The normalized spacial score (nSPS) is 13.9. The molecular weight excluding hydrogens is 434 g/mol. The van der Waals surface area contributed by atoms with Crippen LogP contribution in [0.1, 0.15) is 24.6 Å². The number of halogens is 1. The van der Waals surface area contributed by atoms with Crippen LogP contribution < -0.4 is 23.5 Å². The summed E-state index contributed by atoms with van der Waals surface area (Å²) in [6.45, 7) is 3.42. The van der Waals surface area contributed by atoms with Crippen molar-refractivity contribution in [3.63, 3.8) is 0 Å². The molecule has 0 bridgehead atoms. The summed E-state index contributed by atoms with van der Waals surface area (Å²) in [5, 5.41) is 2.25. The third kappa shape index (κ3) is 2.76. The number of fused-ring (bicyclic) bond motifs is 5. The molecule has 0 spiro atoms. The Morgan fingerprint density at radius 2 is 1.86 bits per heavy atom. The van der Waals surface area contributed by atoms with Crippen molar-refractivity contribution in [1.29, 1.82) is 0 Å². The van der Waals surface area contributed by atoms with E-state index < -0.39 is 0 Å². The van der Waals surface area contributed by atoms with E-state index in [4.69, 9.17) is 18.9 Å². The molecule has 0 fully saturated rings. The Bertz CT molecular complexity index is 1140. The van der Waals surface area contributed by atoms with E-state index in [2.05, 4.69) is 45.6 Å². The number of nitrogens with zero attached hydrogens (tertiary/aromatic N) is 1. The second kappa shape index (κ2) is 7.10. The Morgan fingerprint density at radius 1 is 1.07 bits per heavy atom. The molecule has 6 heteroatoms. The highest BCUT2D eigenvalue weighted by Crippen LogP contribution is 2.45. The molecule has 0 radical (unpaired) electrons. The Hall–Kier alpha value is -2.47. The van der Waals surface area contributed by atoms with E-state index >= 15 is 0 Å².